The molecule has 3 rings (SSSR count). The van der Waals surface area contributed by atoms with Crippen molar-refractivity contribution in [2.45, 2.75) is 13.5 Å². The van der Waals surface area contributed by atoms with Gasteiger partial charge < -0.3 is 9.30 Å². The van der Waals surface area contributed by atoms with Gasteiger partial charge in [-0.3, -0.25) is 0 Å². The van der Waals surface area contributed by atoms with Crippen molar-refractivity contribution in [1.82, 2.24) is 9.55 Å². The van der Waals surface area contributed by atoms with Gasteiger partial charge in [0.2, 0.25) is 0 Å². The fourth-order valence-corrected chi connectivity index (χ4v) is 2.58. The molecule has 0 aliphatic carbocycles. The van der Waals surface area contributed by atoms with E-state index in [9.17, 15) is 0 Å². The van der Waals surface area contributed by atoms with Gasteiger partial charge in [0.05, 0.1) is 18.1 Å². The van der Waals surface area contributed by atoms with Gasteiger partial charge in [-0.05, 0) is 24.6 Å². The monoisotopic (exact) mass is 278 g/mol. The van der Waals surface area contributed by atoms with Gasteiger partial charge in [-0.1, -0.05) is 30.3 Å². The number of allylic oxidation sites excluding steroid dienone is 1. The van der Waals surface area contributed by atoms with Crippen molar-refractivity contribution in [3.05, 3.63) is 60.7 Å². The molecule has 0 bridgehead atoms. The first kappa shape index (κ1) is 13.4. The maximum absolute atomic E-state index is 5.29. The van der Waals surface area contributed by atoms with Gasteiger partial charge in [-0.2, -0.15) is 0 Å². The van der Waals surface area contributed by atoms with Crippen LogP contribution in [0.2, 0.25) is 0 Å². The number of hydrogen-bond acceptors (Lipinski definition) is 2. The molecule has 3 heteroatoms. The van der Waals surface area contributed by atoms with E-state index in [4.69, 9.17) is 9.72 Å². The summed E-state index contributed by atoms with van der Waals surface area (Å²) in [7, 11) is 1.67. The first-order valence-corrected chi connectivity index (χ1v) is 6.95. The number of fused-ring (bicyclic) bond motifs is 1. The van der Waals surface area contributed by atoms with Crippen molar-refractivity contribution >= 4 is 11.0 Å². The number of ether oxygens (including phenoxy) is 1. The highest BCUT2D eigenvalue weighted by Gasteiger charge is 2.13. The van der Waals surface area contributed by atoms with Crippen LogP contribution in [0.15, 0.2) is 55.1 Å². The number of aromatic nitrogens is 2. The SMILES string of the molecule is C=CCn1c(-c2ccccc2C)nc2cc(OC)ccc21. The maximum atomic E-state index is 5.29. The van der Waals surface area contributed by atoms with Gasteiger partial charge >= 0.3 is 0 Å². The molecular weight excluding hydrogens is 260 g/mol. The molecule has 0 spiro atoms. The minimum atomic E-state index is 0.729. The van der Waals surface area contributed by atoms with Crippen LogP contribution in [-0.2, 0) is 6.54 Å². The van der Waals surface area contributed by atoms with Crippen molar-refractivity contribution in [1.29, 1.82) is 0 Å². The van der Waals surface area contributed by atoms with Gasteiger partial charge in [0.15, 0.2) is 0 Å². The van der Waals surface area contributed by atoms with E-state index in [2.05, 4.69) is 30.2 Å². The second kappa shape index (κ2) is 5.44. The van der Waals surface area contributed by atoms with Crippen LogP contribution in [0.3, 0.4) is 0 Å². The molecule has 0 atom stereocenters. The summed E-state index contributed by atoms with van der Waals surface area (Å²) in [4.78, 5) is 4.81. The number of nitrogens with zero attached hydrogens (tertiary/aromatic N) is 2. The van der Waals surface area contributed by atoms with Crippen molar-refractivity contribution < 1.29 is 4.74 Å². The zero-order valence-electron chi connectivity index (χ0n) is 12.3. The Morgan fingerprint density at radius 1 is 1.24 bits per heavy atom. The van der Waals surface area contributed by atoms with Crippen LogP contribution in [0, 0.1) is 6.92 Å². The summed E-state index contributed by atoms with van der Waals surface area (Å²) in [6.45, 7) is 6.69. The molecule has 0 aliphatic heterocycles. The standard InChI is InChI=1S/C18H18N2O/c1-4-11-20-17-10-9-14(21-3)12-16(17)19-18(20)15-8-6-5-7-13(15)2/h4-10,12H,1,11H2,2-3H3. The molecule has 0 saturated carbocycles. The van der Waals surface area contributed by atoms with Crippen LogP contribution in [0.25, 0.3) is 22.4 Å². The summed E-state index contributed by atoms with van der Waals surface area (Å²) in [5, 5.41) is 0. The molecule has 1 heterocycles. The summed E-state index contributed by atoms with van der Waals surface area (Å²) < 4.78 is 7.48. The largest absolute Gasteiger partial charge is 0.497 e. The van der Waals surface area contributed by atoms with E-state index in [-0.39, 0.29) is 0 Å². The maximum Gasteiger partial charge on any atom is 0.141 e. The number of imidazole rings is 1. The lowest BCUT2D eigenvalue weighted by molar-refractivity contribution is 0.415. The minimum absolute atomic E-state index is 0.729. The molecule has 2 aromatic carbocycles. The lowest BCUT2D eigenvalue weighted by Gasteiger charge is -2.08. The Hall–Kier alpha value is -2.55. The average Bonchev–Trinajstić information content (AvgIpc) is 2.86. The number of aryl methyl sites for hydroxylation is 1. The third-order valence-electron chi connectivity index (χ3n) is 3.65. The van der Waals surface area contributed by atoms with Crippen LogP contribution < -0.4 is 4.74 Å². The van der Waals surface area contributed by atoms with Crippen LogP contribution in [0.1, 0.15) is 5.56 Å². The molecule has 0 fully saturated rings. The average molecular weight is 278 g/mol. The normalized spacial score (nSPS) is 10.8. The van der Waals surface area contributed by atoms with Gasteiger partial charge in [0.25, 0.3) is 0 Å². The zero-order valence-corrected chi connectivity index (χ0v) is 12.3. The topological polar surface area (TPSA) is 27.1 Å². The Bertz CT molecular complexity index is 802. The molecule has 1 aromatic heterocycles. The zero-order chi connectivity index (χ0) is 14.8. The summed E-state index contributed by atoms with van der Waals surface area (Å²) in [6, 6.07) is 14.3. The molecule has 0 radical (unpaired) electrons. The molecule has 0 aliphatic rings. The Morgan fingerprint density at radius 3 is 2.76 bits per heavy atom. The van der Waals surface area contributed by atoms with Crippen molar-refractivity contribution in [3.63, 3.8) is 0 Å². The van der Waals surface area contributed by atoms with Crippen molar-refractivity contribution in [2.24, 2.45) is 0 Å². The minimum Gasteiger partial charge on any atom is -0.497 e. The van der Waals surface area contributed by atoms with Gasteiger partial charge in [0.1, 0.15) is 11.6 Å². The predicted octanol–water partition coefficient (Wildman–Crippen LogP) is 4.21. The highest BCUT2D eigenvalue weighted by Crippen LogP contribution is 2.29. The van der Waals surface area contributed by atoms with E-state index in [1.807, 2.05) is 36.4 Å². The molecular formula is C18H18N2O. The fraction of sp³-hybridized carbons (Fsp3) is 0.167. The van der Waals surface area contributed by atoms with E-state index >= 15 is 0 Å². The Balaban J connectivity index is 2.28. The lowest BCUT2D eigenvalue weighted by atomic mass is 10.1. The van der Waals surface area contributed by atoms with Gasteiger partial charge in [-0.25, -0.2) is 4.98 Å². The molecule has 21 heavy (non-hydrogen) atoms. The smallest absolute Gasteiger partial charge is 0.141 e. The lowest BCUT2D eigenvalue weighted by Crippen LogP contribution is -1.99. The van der Waals surface area contributed by atoms with Crippen molar-refractivity contribution in [2.75, 3.05) is 7.11 Å². The molecule has 106 valence electrons. The first-order chi connectivity index (χ1) is 10.2. The Labute approximate surface area is 124 Å². The molecule has 0 N–H and O–H groups in total. The molecule has 3 aromatic rings. The second-order valence-electron chi connectivity index (χ2n) is 5.00. The van der Waals surface area contributed by atoms with E-state index in [1.165, 1.54) is 5.56 Å². The highest BCUT2D eigenvalue weighted by atomic mass is 16.5. The molecule has 0 saturated heterocycles. The first-order valence-electron chi connectivity index (χ1n) is 6.95. The number of rotatable bonds is 4. The van der Waals surface area contributed by atoms with E-state index in [0.29, 0.717) is 0 Å². The number of benzene rings is 2. The summed E-state index contributed by atoms with van der Waals surface area (Å²) in [5.74, 6) is 1.79. The van der Waals surface area contributed by atoms with E-state index in [1.54, 1.807) is 7.11 Å². The molecule has 3 nitrogen and oxygen atoms in total. The Kier molecular flexibility index (Phi) is 3.48. The summed E-state index contributed by atoms with van der Waals surface area (Å²) in [5.41, 5.74) is 4.39. The van der Waals surface area contributed by atoms with Crippen LogP contribution >= 0.6 is 0 Å². The fourth-order valence-electron chi connectivity index (χ4n) is 2.58. The van der Waals surface area contributed by atoms with Crippen molar-refractivity contribution in [3.8, 4) is 17.1 Å². The van der Waals surface area contributed by atoms with Crippen LogP contribution in [0.4, 0.5) is 0 Å². The van der Waals surface area contributed by atoms with Crippen LogP contribution in [0.5, 0.6) is 5.75 Å². The molecule has 0 unspecified atom stereocenters. The molecule has 0 amide bonds. The summed E-state index contributed by atoms with van der Waals surface area (Å²) >= 11 is 0. The quantitative estimate of drug-likeness (QED) is 0.669. The third-order valence-corrected chi connectivity index (χ3v) is 3.65. The van der Waals surface area contributed by atoms with Gasteiger partial charge in [-0.15, -0.1) is 6.58 Å². The Morgan fingerprint density at radius 2 is 2.05 bits per heavy atom. The van der Waals surface area contributed by atoms with E-state index in [0.717, 1.165) is 34.7 Å². The van der Waals surface area contributed by atoms with Crippen LogP contribution in [-0.4, -0.2) is 16.7 Å². The summed E-state index contributed by atoms with van der Waals surface area (Å²) in [6.07, 6.45) is 1.90. The number of methoxy groups -OCH3 is 1. The predicted molar refractivity (Wildman–Crippen MR) is 86.7 cm³/mol. The van der Waals surface area contributed by atoms with E-state index < -0.39 is 0 Å². The third kappa shape index (κ3) is 2.31. The number of hydrogen-bond donors (Lipinski definition) is 0. The van der Waals surface area contributed by atoms with Gasteiger partial charge in [0, 0.05) is 18.2 Å². The highest BCUT2D eigenvalue weighted by molar-refractivity contribution is 5.82. The second-order valence-corrected chi connectivity index (χ2v) is 5.00.